The third kappa shape index (κ3) is 6.05. The Hall–Kier alpha value is -4.65. The number of anilines is 2. The average Bonchev–Trinajstić information content (AvgIpc) is 3.54. The van der Waals surface area contributed by atoms with Gasteiger partial charge in [-0.1, -0.05) is 53.5 Å². The fourth-order valence-electron chi connectivity index (χ4n) is 7.08. The Bertz CT molecular complexity index is 2210. The summed E-state index contributed by atoms with van der Waals surface area (Å²) in [4.78, 5) is 35.8. The molecule has 1 fully saturated rings. The molecule has 50 heavy (non-hydrogen) atoms. The van der Waals surface area contributed by atoms with Crippen LogP contribution in [0.25, 0.3) is 33.2 Å². The van der Waals surface area contributed by atoms with Gasteiger partial charge in [-0.2, -0.15) is 5.10 Å². The van der Waals surface area contributed by atoms with E-state index >= 15 is 0 Å². The van der Waals surface area contributed by atoms with Gasteiger partial charge >= 0.3 is 5.97 Å². The molecule has 3 aromatic heterocycles. The van der Waals surface area contributed by atoms with E-state index in [9.17, 15) is 23.5 Å². The molecule has 0 saturated carbocycles. The van der Waals surface area contributed by atoms with Gasteiger partial charge in [0, 0.05) is 40.7 Å². The van der Waals surface area contributed by atoms with Crippen LogP contribution >= 0.6 is 23.2 Å². The number of nitrogens with one attached hydrogen (secondary N) is 1. The number of carboxylic acids is 1. The predicted octanol–water partition coefficient (Wildman–Crippen LogP) is 7.84. The molecule has 5 aromatic rings. The number of halogens is 4. The first-order valence-electron chi connectivity index (χ1n) is 16.1. The maximum atomic E-state index is 13.8. The van der Waals surface area contributed by atoms with Crippen LogP contribution < -0.4 is 15.6 Å². The van der Waals surface area contributed by atoms with Crippen molar-refractivity contribution in [2.45, 2.75) is 38.2 Å². The van der Waals surface area contributed by atoms with Gasteiger partial charge in [-0.15, -0.1) is 0 Å². The maximum absolute atomic E-state index is 13.8. The highest BCUT2D eigenvalue weighted by atomic mass is 35.5. The summed E-state index contributed by atoms with van der Waals surface area (Å²) >= 11 is 14.1. The Morgan fingerprint density at radius 3 is 2.42 bits per heavy atom. The number of fused-ring (bicyclic) bond motifs is 2. The number of piperidine rings is 1. The van der Waals surface area contributed by atoms with Crippen LogP contribution in [0.2, 0.25) is 10.0 Å². The standard InChI is InChI=1S/C36H32Cl2F2N6O4/c1-45-35(47)29-20(17-41-45)16-26(32(39)40)43-33(29)42-24-8-4-6-22(31(24)38)21-5-3-7-23(30(21)37)25-15-19-9-10-27(28(19)34(44-25)50-2)46-13-11-18(12-14-46)36(48)49/h3-8,15-18,27,32H,9-14H2,1-2H3,(H,42,43)(H,48,49)/t27-/m1/s1. The van der Waals surface area contributed by atoms with E-state index in [1.807, 2.05) is 24.3 Å². The van der Waals surface area contributed by atoms with Crippen molar-refractivity contribution < 1.29 is 23.4 Å². The number of rotatable bonds is 8. The Morgan fingerprint density at radius 1 is 1.02 bits per heavy atom. The molecular weight excluding hydrogens is 689 g/mol. The molecule has 1 saturated heterocycles. The van der Waals surface area contributed by atoms with Crippen molar-refractivity contribution >= 4 is 51.4 Å². The number of alkyl halides is 2. The molecule has 0 bridgehead atoms. The van der Waals surface area contributed by atoms with Crippen LogP contribution in [0, 0.1) is 5.92 Å². The van der Waals surface area contributed by atoms with E-state index in [0.29, 0.717) is 64.9 Å². The summed E-state index contributed by atoms with van der Waals surface area (Å²) in [6, 6.07) is 14.0. The number of nitrogens with zero attached hydrogens (tertiary/aromatic N) is 5. The number of carbonyl (C=O) groups is 1. The zero-order valence-electron chi connectivity index (χ0n) is 27.1. The number of aryl methyl sites for hydroxylation is 2. The highest BCUT2D eigenvalue weighted by Crippen LogP contribution is 2.46. The summed E-state index contributed by atoms with van der Waals surface area (Å²) in [5.41, 5.74) is 3.92. The first kappa shape index (κ1) is 33.8. The number of hydrogen-bond acceptors (Lipinski definition) is 8. The molecule has 1 aliphatic heterocycles. The van der Waals surface area contributed by atoms with Crippen molar-refractivity contribution in [3.63, 3.8) is 0 Å². The second kappa shape index (κ2) is 13.6. The minimum atomic E-state index is -2.87. The SMILES string of the molecule is COc1nc(-c2cccc(-c3cccc(Nc4nc(C(F)F)cc5cnn(C)c(=O)c45)c3Cl)c2Cl)cc2c1[C@H](N1CCC(C(=O)O)CC1)CC2. The van der Waals surface area contributed by atoms with Gasteiger partial charge in [0.15, 0.2) is 0 Å². The highest BCUT2D eigenvalue weighted by Gasteiger charge is 2.36. The Balaban J connectivity index is 1.23. The molecule has 10 nitrogen and oxygen atoms in total. The van der Waals surface area contributed by atoms with E-state index in [1.165, 1.54) is 13.2 Å². The molecule has 0 spiro atoms. The fraction of sp³-hybridized carbons (Fsp3) is 0.306. The summed E-state index contributed by atoms with van der Waals surface area (Å²) in [5.74, 6) is -0.607. The molecule has 2 aromatic carbocycles. The fourth-order valence-corrected chi connectivity index (χ4v) is 7.68. The second-order valence-corrected chi connectivity index (χ2v) is 13.2. The molecule has 0 unspecified atom stereocenters. The summed E-state index contributed by atoms with van der Waals surface area (Å²) in [7, 11) is 3.06. The molecule has 0 amide bonds. The van der Waals surface area contributed by atoms with Crippen LogP contribution in [0.3, 0.4) is 0 Å². The molecule has 4 heterocycles. The van der Waals surface area contributed by atoms with Gasteiger partial charge in [0.2, 0.25) is 5.88 Å². The Labute approximate surface area is 295 Å². The minimum Gasteiger partial charge on any atom is -0.481 e. The molecule has 1 atom stereocenters. The van der Waals surface area contributed by atoms with Crippen LogP contribution in [0.4, 0.5) is 20.3 Å². The lowest BCUT2D eigenvalue weighted by atomic mass is 9.94. The van der Waals surface area contributed by atoms with Crippen molar-refractivity contribution in [2.75, 3.05) is 25.5 Å². The lowest BCUT2D eigenvalue weighted by Gasteiger charge is -2.35. The van der Waals surface area contributed by atoms with Gasteiger partial charge in [-0.05, 0) is 62.5 Å². The molecule has 2 aliphatic rings. The first-order chi connectivity index (χ1) is 24.0. The van der Waals surface area contributed by atoms with E-state index in [-0.39, 0.29) is 33.6 Å². The largest absolute Gasteiger partial charge is 0.481 e. The predicted molar refractivity (Wildman–Crippen MR) is 188 cm³/mol. The molecule has 258 valence electrons. The minimum absolute atomic E-state index is 0.0707. The molecule has 1 aliphatic carbocycles. The zero-order valence-corrected chi connectivity index (χ0v) is 28.6. The lowest BCUT2D eigenvalue weighted by Crippen LogP contribution is -2.38. The average molecular weight is 722 g/mol. The maximum Gasteiger partial charge on any atom is 0.306 e. The zero-order chi connectivity index (χ0) is 35.3. The van der Waals surface area contributed by atoms with Crippen molar-refractivity contribution in [1.29, 1.82) is 0 Å². The van der Waals surface area contributed by atoms with Gasteiger partial charge in [0.1, 0.15) is 11.5 Å². The number of methoxy groups -OCH3 is 1. The van der Waals surface area contributed by atoms with Crippen molar-refractivity contribution in [1.82, 2.24) is 24.6 Å². The van der Waals surface area contributed by atoms with Crippen LogP contribution in [0.1, 0.15) is 48.6 Å². The van der Waals surface area contributed by atoms with Gasteiger partial charge in [-0.25, -0.2) is 23.4 Å². The quantitative estimate of drug-likeness (QED) is 0.165. The van der Waals surface area contributed by atoms with Crippen LogP contribution in [0.15, 0.2) is 59.5 Å². The summed E-state index contributed by atoms with van der Waals surface area (Å²) in [5, 5.41) is 17.4. The molecule has 2 N–H and O–H groups in total. The van der Waals surface area contributed by atoms with Gasteiger partial charge in [0.05, 0.1) is 46.0 Å². The summed E-state index contributed by atoms with van der Waals surface area (Å²) in [6.45, 7) is 1.40. The summed E-state index contributed by atoms with van der Waals surface area (Å²) in [6.07, 6.45) is 1.39. The second-order valence-electron chi connectivity index (χ2n) is 12.5. The molecule has 7 rings (SSSR count). The Kier molecular flexibility index (Phi) is 9.19. The number of aliphatic carboxylic acids is 1. The van der Waals surface area contributed by atoms with E-state index in [0.717, 1.165) is 34.7 Å². The highest BCUT2D eigenvalue weighted by molar-refractivity contribution is 6.39. The number of ether oxygens (including phenoxy) is 1. The van der Waals surface area contributed by atoms with E-state index < -0.39 is 23.6 Å². The van der Waals surface area contributed by atoms with E-state index in [1.54, 1.807) is 25.3 Å². The monoisotopic (exact) mass is 720 g/mol. The number of hydrogen-bond donors (Lipinski definition) is 2. The first-order valence-corrected chi connectivity index (χ1v) is 16.9. The smallest absolute Gasteiger partial charge is 0.306 e. The van der Waals surface area contributed by atoms with Crippen molar-refractivity contribution in [3.05, 3.63) is 91.9 Å². The number of benzene rings is 2. The van der Waals surface area contributed by atoms with Gasteiger partial charge in [0.25, 0.3) is 12.0 Å². The van der Waals surface area contributed by atoms with Crippen LogP contribution in [-0.2, 0) is 18.3 Å². The van der Waals surface area contributed by atoms with Gasteiger partial charge in [-0.3, -0.25) is 14.5 Å². The third-order valence-corrected chi connectivity index (χ3v) is 10.4. The van der Waals surface area contributed by atoms with Crippen molar-refractivity contribution in [2.24, 2.45) is 13.0 Å². The lowest BCUT2D eigenvalue weighted by molar-refractivity contribution is -0.143. The van der Waals surface area contributed by atoms with Crippen molar-refractivity contribution in [3.8, 4) is 28.3 Å². The van der Waals surface area contributed by atoms with Gasteiger partial charge < -0.3 is 15.2 Å². The van der Waals surface area contributed by atoms with Crippen LogP contribution in [0.5, 0.6) is 5.88 Å². The molecule has 14 heteroatoms. The molecular formula is C36H32Cl2F2N6O4. The number of aromatic nitrogens is 4. The molecule has 0 radical (unpaired) electrons. The van der Waals surface area contributed by atoms with Crippen LogP contribution in [-0.4, -0.2) is 55.9 Å². The number of carboxylic acid groups (broad SMARTS) is 1. The topological polar surface area (TPSA) is 122 Å². The number of likely N-dealkylation sites (tertiary alicyclic amines) is 1. The number of pyridine rings is 2. The third-order valence-electron chi connectivity index (χ3n) is 9.63. The normalized spacial score (nSPS) is 16.6. The van der Waals surface area contributed by atoms with E-state index in [4.69, 9.17) is 32.9 Å². The van der Waals surface area contributed by atoms with E-state index in [2.05, 4.69) is 20.3 Å². The summed E-state index contributed by atoms with van der Waals surface area (Å²) < 4.78 is 34.5. The Morgan fingerprint density at radius 2 is 1.72 bits per heavy atom.